The summed E-state index contributed by atoms with van der Waals surface area (Å²) in [6.45, 7) is 2.05. The van der Waals surface area contributed by atoms with Crippen LogP contribution in [0.15, 0.2) is 48.5 Å². The van der Waals surface area contributed by atoms with Crippen molar-refractivity contribution in [3.8, 4) is 11.1 Å². The molecule has 3 heteroatoms. The van der Waals surface area contributed by atoms with E-state index in [-0.39, 0.29) is 0 Å². The van der Waals surface area contributed by atoms with Crippen molar-refractivity contribution in [1.29, 1.82) is 0 Å². The van der Waals surface area contributed by atoms with E-state index in [4.69, 9.17) is 4.89 Å². The maximum Gasteiger partial charge on any atom is 0.546 e. The summed E-state index contributed by atoms with van der Waals surface area (Å²) in [5.74, 6) is 0. The summed E-state index contributed by atoms with van der Waals surface area (Å²) in [6.07, 6.45) is 0. The van der Waals surface area contributed by atoms with Gasteiger partial charge in [0.15, 0.2) is 0 Å². The minimum absolute atomic E-state index is 0.465. The number of aryl methyl sites for hydroxylation is 1. The number of rotatable bonds is 2. The van der Waals surface area contributed by atoms with E-state index in [1.807, 2.05) is 30.3 Å². The summed E-state index contributed by atoms with van der Waals surface area (Å²) in [7, 11) is -2.23. The Morgan fingerprint density at radius 3 is 2.19 bits per heavy atom. The monoisotopic (exact) mass is 231 g/mol. The topological polar surface area (TPSA) is 37.3 Å². The molecular weight excluding hydrogens is 219 g/mol. The van der Waals surface area contributed by atoms with Gasteiger partial charge < -0.3 is 0 Å². The van der Waals surface area contributed by atoms with Crippen LogP contribution in [0.4, 0.5) is 0 Å². The highest BCUT2D eigenvalue weighted by atomic mass is 31.1. The van der Waals surface area contributed by atoms with Gasteiger partial charge in [0.05, 0.1) is 0 Å². The molecule has 1 atom stereocenters. The normalized spacial score (nSPS) is 11.2. The fraction of sp³-hybridized carbons (Fsp3) is 0.0769. The first kappa shape index (κ1) is 11.0. The Morgan fingerprint density at radius 2 is 1.62 bits per heavy atom. The average molecular weight is 231 g/mol. The van der Waals surface area contributed by atoms with Gasteiger partial charge >= 0.3 is 8.03 Å². The van der Waals surface area contributed by atoms with Crippen molar-refractivity contribution in [2.45, 2.75) is 6.92 Å². The van der Waals surface area contributed by atoms with Crippen LogP contribution in [0.25, 0.3) is 11.1 Å². The molecule has 0 radical (unpaired) electrons. The molecule has 2 aromatic rings. The molecule has 0 bridgehead atoms. The van der Waals surface area contributed by atoms with Crippen molar-refractivity contribution < 1.29 is 9.46 Å². The van der Waals surface area contributed by atoms with Crippen molar-refractivity contribution in [1.82, 2.24) is 0 Å². The quantitative estimate of drug-likeness (QED) is 0.806. The molecule has 1 N–H and O–H groups in total. The lowest BCUT2D eigenvalue weighted by molar-refractivity contribution is 0.513. The molecule has 0 fully saturated rings. The minimum atomic E-state index is -2.23. The number of hydrogen-bond acceptors (Lipinski definition) is 1. The van der Waals surface area contributed by atoms with Gasteiger partial charge in [-0.05, 0) is 52.4 Å². The van der Waals surface area contributed by atoms with Crippen molar-refractivity contribution >= 4 is 13.3 Å². The molecular formula is C13H12O2P+. The molecule has 0 saturated carbocycles. The van der Waals surface area contributed by atoms with Crippen LogP contribution >= 0.6 is 8.03 Å². The fourth-order valence-electron chi connectivity index (χ4n) is 1.67. The van der Waals surface area contributed by atoms with Crippen LogP contribution in [0.3, 0.4) is 0 Å². The third-order valence-electron chi connectivity index (χ3n) is 2.54. The van der Waals surface area contributed by atoms with Crippen LogP contribution in [0.2, 0.25) is 0 Å². The van der Waals surface area contributed by atoms with Crippen molar-refractivity contribution in [2.75, 3.05) is 0 Å². The lowest BCUT2D eigenvalue weighted by atomic mass is 10.0. The molecule has 0 heterocycles. The van der Waals surface area contributed by atoms with Gasteiger partial charge in [0.2, 0.25) is 5.30 Å². The Hall–Kier alpha value is -1.50. The first-order valence-electron chi connectivity index (χ1n) is 5.00. The van der Waals surface area contributed by atoms with E-state index in [1.54, 1.807) is 12.1 Å². The minimum Gasteiger partial charge on any atom is -0.156 e. The Labute approximate surface area is 95.4 Å². The summed E-state index contributed by atoms with van der Waals surface area (Å²) in [6, 6.07) is 15.2. The average Bonchev–Trinajstić information content (AvgIpc) is 2.30. The SMILES string of the molecule is Cc1ccccc1-c1ccc([P+](=O)O)cc1. The summed E-state index contributed by atoms with van der Waals surface area (Å²) in [5.41, 5.74) is 3.42. The molecule has 0 aliphatic heterocycles. The summed E-state index contributed by atoms with van der Waals surface area (Å²) < 4.78 is 10.9. The molecule has 1 unspecified atom stereocenters. The maximum absolute atomic E-state index is 10.9. The van der Waals surface area contributed by atoms with Crippen molar-refractivity contribution in [3.63, 3.8) is 0 Å². The Morgan fingerprint density at radius 1 is 1.00 bits per heavy atom. The molecule has 2 aromatic carbocycles. The predicted octanol–water partition coefficient (Wildman–Crippen LogP) is 3.02. The standard InChI is InChI=1S/C13H11O2P/c1-10-4-2-3-5-13(10)11-6-8-12(9-7-11)16(14)15/h2-9H,1H3/p+1. The van der Waals surface area contributed by atoms with Crippen LogP contribution in [-0.4, -0.2) is 4.89 Å². The Bertz CT molecular complexity index is 518. The van der Waals surface area contributed by atoms with Crippen LogP contribution in [0, 0.1) is 6.92 Å². The van der Waals surface area contributed by atoms with E-state index in [9.17, 15) is 4.57 Å². The molecule has 0 aliphatic rings. The van der Waals surface area contributed by atoms with Gasteiger partial charge in [-0.2, -0.15) is 4.89 Å². The third-order valence-corrected chi connectivity index (χ3v) is 3.28. The molecule has 0 saturated heterocycles. The van der Waals surface area contributed by atoms with E-state index in [2.05, 4.69) is 13.0 Å². The zero-order valence-corrected chi connectivity index (χ0v) is 9.82. The molecule has 0 amide bonds. The zero-order chi connectivity index (χ0) is 11.5. The Kier molecular flexibility index (Phi) is 3.14. The lowest BCUT2D eigenvalue weighted by Crippen LogP contribution is -1.94. The highest BCUT2D eigenvalue weighted by molar-refractivity contribution is 7.47. The van der Waals surface area contributed by atoms with Crippen molar-refractivity contribution in [2.24, 2.45) is 0 Å². The van der Waals surface area contributed by atoms with Gasteiger partial charge in [0, 0.05) is 0 Å². The summed E-state index contributed by atoms with van der Waals surface area (Å²) >= 11 is 0. The summed E-state index contributed by atoms with van der Waals surface area (Å²) in [5, 5.41) is 0.465. The van der Waals surface area contributed by atoms with E-state index < -0.39 is 8.03 Å². The van der Waals surface area contributed by atoms with Crippen LogP contribution in [0.5, 0.6) is 0 Å². The summed E-state index contributed by atoms with van der Waals surface area (Å²) in [4.78, 5) is 8.95. The van der Waals surface area contributed by atoms with Gasteiger partial charge in [-0.15, -0.1) is 0 Å². The highest BCUT2D eigenvalue weighted by Crippen LogP contribution is 2.23. The second kappa shape index (κ2) is 4.56. The van der Waals surface area contributed by atoms with E-state index in [0.717, 1.165) is 11.1 Å². The first-order valence-corrected chi connectivity index (χ1v) is 6.22. The Balaban J connectivity index is 2.43. The molecule has 0 spiro atoms. The third kappa shape index (κ3) is 2.19. The second-order valence-corrected chi connectivity index (χ2v) is 4.70. The van der Waals surface area contributed by atoms with Gasteiger partial charge in [-0.3, -0.25) is 0 Å². The van der Waals surface area contributed by atoms with Crippen LogP contribution < -0.4 is 5.30 Å². The van der Waals surface area contributed by atoms with Gasteiger partial charge in [0.1, 0.15) is 0 Å². The maximum atomic E-state index is 10.9. The molecule has 16 heavy (non-hydrogen) atoms. The smallest absolute Gasteiger partial charge is 0.156 e. The van der Waals surface area contributed by atoms with Gasteiger partial charge in [-0.25, -0.2) is 0 Å². The molecule has 0 aromatic heterocycles. The van der Waals surface area contributed by atoms with Crippen LogP contribution in [0.1, 0.15) is 5.56 Å². The second-order valence-electron chi connectivity index (χ2n) is 3.63. The number of hydrogen-bond donors (Lipinski definition) is 1. The van der Waals surface area contributed by atoms with Crippen molar-refractivity contribution in [3.05, 3.63) is 54.1 Å². The van der Waals surface area contributed by atoms with E-state index >= 15 is 0 Å². The highest BCUT2D eigenvalue weighted by Gasteiger charge is 2.15. The largest absolute Gasteiger partial charge is 0.546 e. The first-order chi connectivity index (χ1) is 7.68. The number of benzene rings is 2. The van der Waals surface area contributed by atoms with E-state index in [0.29, 0.717) is 5.30 Å². The predicted molar refractivity (Wildman–Crippen MR) is 66.1 cm³/mol. The lowest BCUT2D eigenvalue weighted by Gasteiger charge is -2.04. The molecule has 2 nitrogen and oxygen atoms in total. The molecule has 80 valence electrons. The van der Waals surface area contributed by atoms with Gasteiger partial charge in [0.25, 0.3) is 0 Å². The zero-order valence-electron chi connectivity index (χ0n) is 8.92. The molecule has 0 aliphatic carbocycles. The fourth-order valence-corrected chi connectivity index (χ4v) is 2.07. The van der Waals surface area contributed by atoms with E-state index in [1.165, 1.54) is 5.56 Å². The molecule has 2 rings (SSSR count). The van der Waals surface area contributed by atoms with Gasteiger partial charge in [-0.1, -0.05) is 24.3 Å². The van der Waals surface area contributed by atoms with Crippen LogP contribution in [-0.2, 0) is 4.57 Å².